The Bertz CT molecular complexity index is 265. The molecule has 1 aliphatic rings. The van der Waals surface area contributed by atoms with Crippen LogP contribution in [0.15, 0.2) is 0 Å². The summed E-state index contributed by atoms with van der Waals surface area (Å²) in [6, 6.07) is 0. The van der Waals surface area contributed by atoms with E-state index < -0.39 is 0 Å². The smallest absolute Gasteiger partial charge is 0.229 e. The standard InChI is InChI=1S/C11H15NO2/c1-2-3-4-5-6-9-7-8-10(13)12-11(9)14/h1,9H,3-8H2,(H,12,13,14). The molecule has 0 aliphatic carbocycles. The van der Waals surface area contributed by atoms with E-state index in [9.17, 15) is 9.59 Å². The summed E-state index contributed by atoms with van der Waals surface area (Å²) in [4.78, 5) is 22.1. The third-order valence-electron chi connectivity index (χ3n) is 2.48. The first-order valence-electron chi connectivity index (χ1n) is 5.01. The van der Waals surface area contributed by atoms with Crippen LogP contribution in [0.4, 0.5) is 0 Å². The minimum atomic E-state index is -0.144. The number of carbonyl (C=O) groups excluding carboxylic acids is 2. The molecule has 1 aliphatic heterocycles. The number of unbranched alkanes of at least 4 members (excludes halogenated alkanes) is 2. The van der Waals surface area contributed by atoms with Gasteiger partial charge in [-0.2, -0.15) is 0 Å². The number of rotatable bonds is 4. The van der Waals surface area contributed by atoms with Crippen molar-refractivity contribution in [2.75, 3.05) is 0 Å². The molecule has 0 aromatic carbocycles. The van der Waals surface area contributed by atoms with Gasteiger partial charge in [-0.05, 0) is 19.3 Å². The van der Waals surface area contributed by atoms with Gasteiger partial charge in [-0.15, -0.1) is 12.3 Å². The first kappa shape index (κ1) is 10.8. The van der Waals surface area contributed by atoms with E-state index in [4.69, 9.17) is 6.42 Å². The molecule has 0 radical (unpaired) electrons. The SMILES string of the molecule is C#CCCCCC1CCC(=O)NC1=O. The Morgan fingerprint density at radius 3 is 2.86 bits per heavy atom. The highest BCUT2D eigenvalue weighted by atomic mass is 16.2. The van der Waals surface area contributed by atoms with Crippen LogP contribution >= 0.6 is 0 Å². The Morgan fingerprint density at radius 1 is 1.43 bits per heavy atom. The largest absolute Gasteiger partial charge is 0.296 e. The van der Waals surface area contributed by atoms with Crippen LogP contribution in [-0.2, 0) is 9.59 Å². The topological polar surface area (TPSA) is 46.2 Å². The van der Waals surface area contributed by atoms with Crippen LogP contribution in [0.1, 0.15) is 38.5 Å². The Labute approximate surface area is 84.3 Å². The van der Waals surface area contributed by atoms with E-state index in [0.717, 1.165) is 25.7 Å². The van der Waals surface area contributed by atoms with Gasteiger partial charge in [0.2, 0.25) is 11.8 Å². The molecule has 3 nitrogen and oxygen atoms in total. The third kappa shape index (κ3) is 3.21. The lowest BCUT2D eigenvalue weighted by Crippen LogP contribution is -2.40. The van der Waals surface area contributed by atoms with Gasteiger partial charge >= 0.3 is 0 Å². The molecule has 1 fully saturated rings. The average Bonchev–Trinajstić information content (AvgIpc) is 2.15. The van der Waals surface area contributed by atoms with Crippen molar-refractivity contribution in [3.63, 3.8) is 0 Å². The van der Waals surface area contributed by atoms with Gasteiger partial charge in [0, 0.05) is 18.8 Å². The first-order chi connectivity index (χ1) is 6.74. The lowest BCUT2D eigenvalue weighted by Gasteiger charge is -2.20. The molecule has 0 saturated carbocycles. The van der Waals surface area contributed by atoms with Crippen molar-refractivity contribution in [1.82, 2.24) is 5.32 Å². The van der Waals surface area contributed by atoms with Gasteiger partial charge < -0.3 is 0 Å². The molecule has 14 heavy (non-hydrogen) atoms. The summed E-state index contributed by atoms with van der Waals surface area (Å²) in [7, 11) is 0. The number of terminal acetylenes is 1. The monoisotopic (exact) mass is 193 g/mol. The van der Waals surface area contributed by atoms with Crippen molar-refractivity contribution in [3.05, 3.63) is 0 Å². The lowest BCUT2D eigenvalue weighted by atomic mass is 9.92. The lowest BCUT2D eigenvalue weighted by molar-refractivity contribution is -0.136. The maximum atomic E-state index is 11.3. The second kappa shape index (κ2) is 5.43. The molecular weight excluding hydrogens is 178 g/mol. The van der Waals surface area contributed by atoms with E-state index in [0.29, 0.717) is 12.8 Å². The van der Waals surface area contributed by atoms with Crippen molar-refractivity contribution in [1.29, 1.82) is 0 Å². The summed E-state index contributed by atoms with van der Waals surface area (Å²) in [6.07, 6.45) is 9.85. The fourth-order valence-corrected chi connectivity index (χ4v) is 1.63. The van der Waals surface area contributed by atoms with Gasteiger partial charge in [0.25, 0.3) is 0 Å². The molecule has 1 rings (SSSR count). The van der Waals surface area contributed by atoms with Crippen molar-refractivity contribution >= 4 is 11.8 Å². The van der Waals surface area contributed by atoms with Crippen LogP contribution in [0.2, 0.25) is 0 Å². The van der Waals surface area contributed by atoms with E-state index in [-0.39, 0.29) is 17.7 Å². The van der Waals surface area contributed by atoms with Gasteiger partial charge in [0.1, 0.15) is 0 Å². The predicted molar refractivity (Wildman–Crippen MR) is 53.2 cm³/mol. The summed E-state index contributed by atoms with van der Waals surface area (Å²) in [6.45, 7) is 0. The zero-order chi connectivity index (χ0) is 10.4. The van der Waals surface area contributed by atoms with Crippen LogP contribution in [0.5, 0.6) is 0 Å². The van der Waals surface area contributed by atoms with E-state index >= 15 is 0 Å². The fraction of sp³-hybridized carbons (Fsp3) is 0.636. The second-order valence-electron chi connectivity index (χ2n) is 3.60. The van der Waals surface area contributed by atoms with Crippen LogP contribution in [-0.4, -0.2) is 11.8 Å². The second-order valence-corrected chi connectivity index (χ2v) is 3.60. The highest BCUT2D eigenvalue weighted by Crippen LogP contribution is 2.18. The number of nitrogens with one attached hydrogen (secondary N) is 1. The molecular formula is C11H15NO2. The molecule has 1 N–H and O–H groups in total. The van der Waals surface area contributed by atoms with Crippen molar-refractivity contribution < 1.29 is 9.59 Å². The van der Waals surface area contributed by atoms with Crippen molar-refractivity contribution in [2.45, 2.75) is 38.5 Å². The van der Waals surface area contributed by atoms with E-state index in [1.807, 2.05) is 0 Å². The molecule has 0 spiro atoms. The van der Waals surface area contributed by atoms with Gasteiger partial charge in [-0.1, -0.05) is 6.42 Å². The van der Waals surface area contributed by atoms with Gasteiger partial charge in [-0.25, -0.2) is 0 Å². The van der Waals surface area contributed by atoms with Gasteiger partial charge in [-0.3, -0.25) is 14.9 Å². The fourth-order valence-electron chi connectivity index (χ4n) is 1.63. The molecule has 1 saturated heterocycles. The van der Waals surface area contributed by atoms with Crippen LogP contribution in [0.3, 0.4) is 0 Å². The zero-order valence-corrected chi connectivity index (χ0v) is 8.21. The van der Waals surface area contributed by atoms with Gasteiger partial charge in [0.05, 0.1) is 0 Å². The van der Waals surface area contributed by atoms with Crippen LogP contribution < -0.4 is 5.32 Å². The molecule has 2 amide bonds. The summed E-state index contributed by atoms with van der Waals surface area (Å²) in [5.74, 6) is 2.34. The maximum absolute atomic E-state index is 11.3. The zero-order valence-electron chi connectivity index (χ0n) is 8.21. The summed E-state index contributed by atoms with van der Waals surface area (Å²) in [5, 5.41) is 2.35. The molecule has 1 atom stereocenters. The molecule has 1 unspecified atom stereocenters. The molecule has 1 heterocycles. The van der Waals surface area contributed by atoms with Crippen LogP contribution in [0.25, 0.3) is 0 Å². The van der Waals surface area contributed by atoms with Crippen LogP contribution in [0, 0.1) is 18.3 Å². The Morgan fingerprint density at radius 2 is 2.21 bits per heavy atom. The number of hydrogen-bond donors (Lipinski definition) is 1. The Kier molecular flexibility index (Phi) is 4.18. The molecule has 0 aromatic rings. The molecule has 0 aromatic heterocycles. The van der Waals surface area contributed by atoms with Crippen molar-refractivity contribution in [3.8, 4) is 12.3 Å². The van der Waals surface area contributed by atoms with E-state index in [2.05, 4.69) is 11.2 Å². The minimum absolute atomic E-state index is 0.0190. The summed E-state index contributed by atoms with van der Waals surface area (Å²) >= 11 is 0. The number of amides is 2. The molecule has 0 bridgehead atoms. The number of carbonyl (C=O) groups is 2. The van der Waals surface area contributed by atoms with Crippen molar-refractivity contribution in [2.24, 2.45) is 5.92 Å². The first-order valence-corrected chi connectivity index (χ1v) is 5.01. The Balaban J connectivity index is 2.21. The van der Waals surface area contributed by atoms with Gasteiger partial charge in [0.15, 0.2) is 0 Å². The Hall–Kier alpha value is -1.30. The quantitative estimate of drug-likeness (QED) is 0.414. The van der Waals surface area contributed by atoms with E-state index in [1.54, 1.807) is 0 Å². The number of hydrogen-bond acceptors (Lipinski definition) is 2. The third-order valence-corrected chi connectivity index (χ3v) is 2.48. The molecule has 3 heteroatoms. The maximum Gasteiger partial charge on any atom is 0.229 e. The van der Waals surface area contributed by atoms with E-state index in [1.165, 1.54) is 0 Å². The highest BCUT2D eigenvalue weighted by molar-refractivity contribution is 5.98. The number of imide groups is 1. The highest BCUT2D eigenvalue weighted by Gasteiger charge is 2.25. The summed E-state index contributed by atoms with van der Waals surface area (Å²) in [5.41, 5.74) is 0. The summed E-state index contributed by atoms with van der Waals surface area (Å²) < 4.78 is 0. The molecule has 76 valence electrons. The predicted octanol–water partition coefficient (Wildman–Crippen LogP) is 1.23. The number of piperidine rings is 1. The average molecular weight is 193 g/mol. The normalized spacial score (nSPS) is 21.5. The minimum Gasteiger partial charge on any atom is -0.296 e.